The van der Waals surface area contributed by atoms with E-state index in [4.69, 9.17) is 4.74 Å². The maximum Gasteiger partial charge on any atom is 0.299 e. The fourth-order valence-corrected chi connectivity index (χ4v) is 3.46. The molecule has 1 aliphatic heterocycles. The van der Waals surface area contributed by atoms with E-state index in [2.05, 4.69) is 20.9 Å². The van der Waals surface area contributed by atoms with Crippen LogP contribution in [0.25, 0.3) is 0 Å². The van der Waals surface area contributed by atoms with Crippen LogP contribution in [0.5, 0.6) is 5.75 Å². The maximum atomic E-state index is 12.4. The molecule has 0 fully saturated rings. The first kappa shape index (κ1) is 18.4. The number of benzene rings is 1. The van der Waals surface area contributed by atoms with Gasteiger partial charge in [-0.3, -0.25) is 19.3 Å². The van der Waals surface area contributed by atoms with Crippen molar-refractivity contribution in [2.45, 2.75) is 27.3 Å². The van der Waals surface area contributed by atoms with Gasteiger partial charge in [-0.1, -0.05) is 29.8 Å². The predicted octanol–water partition coefficient (Wildman–Crippen LogP) is 3.21. The zero-order chi connectivity index (χ0) is 19.0. The number of rotatable bonds is 5. The Balaban J connectivity index is 1.89. The van der Waals surface area contributed by atoms with Gasteiger partial charge >= 0.3 is 0 Å². The highest BCUT2D eigenvalue weighted by atomic mass is 79.9. The van der Waals surface area contributed by atoms with Gasteiger partial charge in [0.1, 0.15) is 0 Å². The number of anilines is 1. The van der Waals surface area contributed by atoms with Crippen molar-refractivity contribution in [2.75, 3.05) is 11.5 Å². The highest BCUT2D eigenvalue weighted by molar-refractivity contribution is 9.10. The maximum absolute atomic E-state index is 12.4. The standard InChI is InChI=1S/C19H19BrN2O4/c1-10(2)9-26-16-7-21-13(6-15(16)23)8-22-17-11(3)4-12(20)5-14(17)18(24)19(22)25/h4-7,10H,8-9H2,1-3H3,(H,21,23). The van der Waals surface area contributed by atoms with Crippen LogP contribution in [0.1, 0.15) is 35.5 Å². The molecule has 3 rings (SSSR count). The molecule has 0 aliphatic carbocycles. The molecule has 2 heterocycles. The van der Waals surface area contributed by atoms with Crippen molar-refractivity contribution < 1.29 is 14.3 Å². The van der Waals surface area contributed by atoms with Crippen molar-refractivity contribution in [3.05, 3.63) is 55.9 Å². The number of Topliss-reactive ketones (excluding diaryl/α,β-unsaturated/α-hetero) is 1. The molecule has 0 bridgehead atoms. The topological polar surface area (TPSA) is 79.5 Å². The zero-order valence-electron chi connectivity index (χ0n) is 14.8. The lowest BCUT2D eigenvalue weighted by atomic mass is 10.1. The summed E-state index contributed by atoms with van der Waals surface area (Å²) < 4.78 is 6.21. The number of nitrogens with zero attached hydrogens (tertiary/aromatic N) is 1. The molecule has 1 N–H and O–H groups in total. The van der Waals surface area contributed by atoms with Crippen LogP contribution in [0.3, 0.4) is 0 Å². The van der Waals surface area contributed by atoms with Gasteiger partial charge in [0.15, 0.2) is 5.75 Å². The first-order valence-electron chi connectivity index (χ1n) is 8.28. The fraction of sp³-hybridized carbons (Fsp3) is 0.316. The van der Waals surface area contributed by atoms with Crippen molar-refractivity contribution in [3.8, 4) is 5.75 Å². The van der Waals surface area contributed by atoms with E-state index in [0.717, 1.165) is 10.0 Å². The molecule has 0 saturated carbocycles. The molecule has 0 radical (unpaired) electrons. The van der Waals surface area contributed by atoms with Crippen LogP contribution >= 0.6 is 15.9 Å². The number of carbonyl (C=O) groups is 2. The lowest BCUT2D eigenvalue weighted by Gasteiger charge is -2.19. The second kappa shape index (κ2) is 7.07. The molecule has 7 heteroatoms. The summed E-state index contributed by atoms with van der Waals surface area (Å²) in [5, 5.41) is 0. The van der Waals surface area contributed by atoms with E-state index in [0.29, 0.717) is 29.5 Å². The molecule has 2 aromatic rings. The molecule has 136 valence electrons. The number of pyridine rings is 1. The Morgan fingerprint density at radius 3 is 2.58 bits per heavy atom. The Bertz CT molecular complexity index is 949. The van der Waals surface area contributed by atoms with E-state index >= 15 is 0 Å². The molecule has 1 amide bonds. The number of ketones is 1. The molecule has 1 aromatic carbocycles. The molecule has 1 aliphatic rings. The molecule has 26 heavy (non-hydrogen) atoms. The number of carbonyl (C=O) groups excluding carboxylic acids is 2. The fourth-order valence-electron chi connectivity index (χ4n) is 2.89. The monoisotopic (exact) mass is 418 g/mol. The minimum absolute atomic E-state index is 0.111. The van der Waals surface area contributed by atoms with Crippen molar-refractivity contribution in [1.29, 1.82) is 0 Å². The average Bonchev–Trinajstić information content (AvgIpc) is 2.79. The summed E-state index contributed by atoms with van der Waals surface area (Å²) >= 11 is 3.35. The van der Waals surface area contributed by atoms with Gasteiger partial charge in [0.05, 0.1) is 24.4 Å². The molecular formula is C19H19BrN2O4. The van der Waals surface area contributed by atoms with E-state index in [1.54, 1.807) is 6.07 Å². The SMILES string of the molecule is Cc1cc(Br)cc2c1N(Cc1cc(=O)c(OCC(C)C)c[nH]1)C(=O)C2=O. The quantitative estimate of drug-likeness (QED) is 0.755. The number of H-pyrrole nitrogens is 1. The number of aromatic nitrogens is 1. The van der Waals surface area contributed by atoms with Crippen molar-refractivity contribution in [2.24, 2.45) is 5.92 Å². The van der Waals surface area contributed by atoms with Crippen LogP contribution in [-0.4, -0.2) is 23.3 Å². The van der Waals surface area contributed by atoms with E-state index in [9.17, 15) is 14.4 Å². The largest absolute Gasteiger partial charge is 0.488 e. The smallest absolute Gasteiger partial charge is 0.299 e. The van der Waals surface area contributed by atoms with Gasteiger partial charge in [0.25, 0.3) is 11.7 Å². The van der Waals surface area contributed by atoms with Crippen LogP contribution in [0.2, 0.25) is 0 Å². The van der Waals surface area contributed by atoms with E-state index < -0.39 is 11.7 Å². The van der Waals surface area contributed by atoms with Gasteiger partial charge in [0.2, 0.25) is 5.43 Å². The Morgan fingerprint density at radius 1 is 1.19 bits per heavy atom. The Morgan fingerprint density at radius 2 is 1.92 bits per heavy atom. The van der Waals surface area contributed by atoms with Crippen LogP contribution in [0, 0.1) is 12.8 Å². The van der Waals surface area contributed by atoms with Gasteiger partial charge in [-0.05, 0) is 30.5 Å². The molecular weight excluding hydrogens is 400 g/mol. The molecule has 0 unspecified atom stereocenters. The minimum atomic E-state index is -0.595. The van der Waals surface area contributed by atoms with E-state index in [1.165, 1.54) is 17.2 Å². The highest BCUT2D eigenvalue weighted by Gasteiger charge is 2.37. The average molecular weight is 419 g/mol. The molecule has 6 nitrogen and oxygen atoms in total. The predicted molar refractivity (Wildman–Crippen MR) is 102 cm³/mol. The number of amides is 1. The Kier molecular flexibility index (Phi) is 5.00. The lowest BCUT2D eigenvalue weighted by Crippen LogP contribution is -2.30. The number of hydrogen-bond acceptors (Lipinski definition) is 4. The number of fused-ring (bicyclic) bond motifs is 1. The number of halogens is 1. The highest BCUT2D eigenvalue weighted by Crippen LogP contribution is 2.35. The summed E-state index contributed by atoms with van der Waals surface area (Å²) in [6.45, 7) is 6.39. The summed E-state index contributed by atoms with van der Waals surface area (Å²) in [4.78, 5) is 41.3. The summed E-state index contributed by atoms with van der Waals surface area (Å²) in [6, 6.07) is 4.90. The lowest BCUT2D eigenvalue weighted by molar-refractivity contribution is -0.114. The third-order valence-electron chi connectivity index (χ3n) is 4.06. The normalized spacial score (nSPS) is 13.5. The summed E-state index contributed by atoms with van der Waals surface area (Å²) in [5.74, 6) is -0.585. The van der Waals surface area contributed by atoms with Gasteiger partial charge in [-0.2, -0.15) is 0 Å². The third kappa shape index (κ3) is 3.44. The van der Waals surface area contributed by atoms with Gasteiger partial charge < -0.3 is 9.72 Å². The molecule has 0 spiro atoms. The minimum Gasteiger partial charge on any atom is -0.488 e. The van der Waals surface area contributed by atoms with Gasteiger partial charge in [-0.25, -0.2) is 0 Å². The van der Waals surface area contributed by atoms with Crippen LogP contribution < -0.4 is 15.1 Å². The Labute approximate surface area is 159 Å². The van der Waals surface area contributed by atoms with Crippen LogP contribution in [-0.2, 0) is 11.3 Å². The second-order valence-electron chi connectivity index (χ2n) is 6.73. The Hall–Kier alpha value is -2.41. The van der Waals surface area contributed by atoms with Crippen molar-refractivity contribution >= 4 is 33.3 Å². The van der Waals surface area contributed by atoms with Gasteiger partial charge in [0, 0.05) is 22.4 Å². The first-order chi connectivity index (χ1) is 12.3. The van der Waals surface area contributed by atoms with Crippen molar-refractivity contribution in [1.82, 2.24) is 4.98 Å². The number of aryl methyl sites for hydroxylation is 1. The summed E-state index contributed by atoms with van der Waals surface area (Å²) in [5.41, 5.74) is 2.05. The summed E-state index contributed by atoms with van der Waals surface area (Å²) in [6.07, 6.45) is 1.50. The molecule has 0 atom stereocenters. The number of hydrogen-bond donors (Lipinski definition) is 1. The molecule has 0 saturated heterocycles. The first-order valence-corrected chi connectivity index (χ1v) is 9.08. The van der Waals surface area contributed by atoms with Crippen LogP contribution in [0.15, 0.2) is 33.7 Å². The number of aromatic amines is 1. The second-order valence-corrected chi connectivity index (χ2v) is 7.65. The van der Waals surface area contributed by atoms with Crippen LogP contribution in [0.4, 0.5) is 5.69 Å². The summed E-state index contributed by atoms with van der Waals surface area (Å²) in [7, 11) is 0. The molecule has 1 aromatic heterocycles. The van der Waals surface area contributed by atoms with Gasteiger partial charge in [-0.15, -0.1) is 0 Å². The van der Waals surface area contributed by atoms with E-state index in [1.807, 2.05) is 26.8 Å². The number of nitrogens with one attached hydrogen (secondary N) is 1. The van der Waals surface area contributed by atoms with E-state index in [-0.39, 0.29) is 17.7 Å². The zero-order valence-corrected chi connectivity index (χ0v) is 16.3. The number of ether oxygens (including phenoxy) is 1. The van der Waals surface area contributed by atoms with Crippen molar-refractivity contribution in [3.63, 3.8) is 0 Å². The third-order valence-corrected chi connectivity index (χ3v) is 4.51.